The third-order valence-corrected chi connectivity index (χ3v) is 4.38. The van der Waals surface area contributed by atoms with Crippen molar-refractivity contribution >= 4 is 5.91 Å². The molecule has 1 atom stereocenters. The van der Waals surface area contributed by atoms with Crippen molar-refractivity contribution in [2.45, 2.75) is 25.9 Å². The summed E-state index contributed by atoms with van der Waals surface area (Å²) >= 11 is 0. The highest BCUT2D eigenvalue weighted by Crippen LogP contribution is 2.16. The lowest BCUT2D eigenvalue weighted by atomic mass is 9.97. The molecule has 24 heavy (non-hydrogen) atoms. The topological polar surface area (TPSA) is 50.8 Å². The van der Waals surface area contributed by atoms with Gasteiger partial charge in [-0.3, -0.25) is 4.79 Å². The fourth-order valence-electron chi connectivity index (χ4n) is 2.79. The van der Waals surface area contributed by atoms with E-state index in [-0.39, 0.29) is 11.7 Å². The van der Waals surface area contributed by atoms with Gasteiger partial charge in [-0.1, -0.05) is 0 Å². The second-order valence-corrected chi connectivity index (χ2v) is 6.24. The number of methoxy groups -OCH3 is 1. The van der Waals surface area contributed by atoms with Crippen molar-refractivity contribution in [1.82, 2.24) is 10.2 Å². The molecule has 1 N–H and O–H groups in total. The highest BCUT2D eigenvalue weighted by atomic mass is 19.1. The zero-order chi connectivity index (χ0) is 17.4. The molecule has 1 saturated heterocycles. The number of carbonyl (C=O) groups excluding carboxylic acids is 1. The summed E-state index contributed by atoms with van der Waals surface area (Å²) in [6.45, 7) is 6.20. The summed E-state index contributed by atoms with van der Waals surface area (Å²) in [5, 5.41) is 2.96. The zero-order valence-electron chi connectivity index (χ0n) is 14.5. The molecule has 134 valence electrons. The molecular weight excluding hydrogens is 311 g/mol. The Morgan fingerprint density at radius 1 is 1.33 bits per heavy atom. The molecular formula is C18H27FN2O3. The number of nitrogens with one attached hydrogen (secondary N) is 1. The van der Waals surface area contributed by atoms with E-state index < -0.39 is 6.10 Å². The monoisotopic (exact) mass is 338 g/mol. The van der Waals surface area contributed by atoms with Gasteiger partial charge in [0.05, 0.1) is 6.61 Å². The van der Waals surface area contributed by atoms with E-state index in [1.165, 1.54) is 24.3 Å². The molecule has 1 aliphatic rings. The molecule has 0 saturated carbocycles. The summed E-state index contributed by atoms with van der Waals surface area (Å²) in [5.41, 5.74) is 0. The highest BCUT2D eigenvalue weighted by Gasteiger charge is 2.21. The van der Waals surface area contributed by atoms with Crippen LogP contribution in [0.5, 0.6) is 5.75 Å². The van der Waals surface area contributed by atoms with Gasteiger partial charge in [-0.15, -0.1) is 0 Å². The smallest absolute Gasteiger partial charge is 0.260 e. The number of likely N-dealkylation sites (tertiary alicyclic amines) is 1. The van der Waals surface area contributed by atoms with Gasteiger partial charge in [0.2, 0.25) is 0 Å². The number of rotatable bonds is 8. The standard InChI is InChI=1S/C18H27FN2O3/c1-14(24-17-5-3-16(19)4-6-17)18(22)20-13-15-7-9-21(10-8-15)11-12-23-2/h3-6,14-15H,7-13H2,1-2H3,(H,20,22). The Labute approximate surface area is 143 Å². The summed E-state index contributed by atoms with van der Waals surface area (Å²) in [7, 11) is 1.72. The van der Waals surface area contributed by atoms with Gasteiger partial charge in [0.1, 0.15) is 11.6 Å². The van der Waals surface area contributed by atoms with Gasteiger partial charge in [0.25, 0.3) is 5.91 Å². The lowest BCUT2D eigenvalue weighted by Crippen LogP contribution is -2.42. The van der Waals surface area contributed by atoms with Crippen LogP contribution < -0.4 is 10.1 Å². The maximum absolute atomic E-state index is 12.9. The van der Waals surface area contributed by atoms with Crippen LogP contribution >= 0.6 is 0 Å². The third kappa shape index (κ3) is 6.09. The maximum Gasteiger partial charge on any atom is 0.260 e. The van der Waals surface area contributed by atoms with Crippen molar-refractivity contribution in [3.63, 3.8) is 0 Å². The predicted molar refractivity (Wildman–Crippen MR) is 90.5 cm³/mol. The zero-order valence-corrected chi connectivity index (χ0v) is 14.5. The minimum Gasteiger partial charge on any atom is -0.481 e. The Hall–Kier alpha value is -1.66. The molecule has 1 amide bonds. The quantitative estimate of drug-likeness (QED) is 0.788. The molecule has 0 spiro atoms. The molecule has 5 nitrogen and oxygen atoms in total. The normalized spacial score (nSPS) is 17.5. The van der Waals surface area contributed by atoms with Gasteiger partial charge in [0, 0.05) is 20.2 Å². The maximum atomic E-state index is 12.9. The van der Waals surface area contributed by atoms with Crippen LogP contribution in [-0.4, -0.2) is 56.8 Å². The van der Waals surface area contributed by atoms with Crippen LogP contribution in [0.1, 0.15) is 19.8 Å². The lowest BCUT2D eigenvalue weighted by Gasteiger charge is -2.31. The van der Waals surface area contributed by atoms with E-state index in [1.54, 1.807) is 14.0 Å². The fraction of sp³-hybridized carbons (Fsp3) is 0.611. The van der Waals surface area contributed by atoms with Crippen LogP contribution in [0, 0.1) is 11.7 Å². The minimum absolute atomic E-state index is 0.138. The molecule has 6 heteroatoms. The van der Waals surface area contributed by atoms with E-state index in [9.17, 15) is 9.18 Å². The Morgan fingerprint density at radius 3 is 2.62 bits per heavy atom. The minimum atomic E-state index is -0.600. The summed E-state index contributed by atoms with van der Waals surface area (Å²) in [5.74, 6) is 0.536. The molecule has 2 rings (SSSR count). The number of ether oxygens (including phenoxy) is 2. The number of hydrogen-bond acceptors (Lipinski definition) is 4. The summed E-state index contributed by atoms with van der Waals surface area (Å²) in [4.78, 5) is 14.5. The van der Waals surface area contributed by atoms with Crippen molar-refractivity contribution in [3.05, 3.63) is 30.1 Å². The van der Waals surface area contributed by atoms with E-state index in [1.807, 2.05) is 0 Å². The summed E-state index contributed by atoms with van der Waals surface area (Å²) in [6.07, 6.45) is 1.56. The van der Waals surface area contributed by atoms with Gasteiger partial charge < -0.3 is 19.7 Å². The van der Waals surface area contributed by atoms with Gasteiger partial charge in [-0.05, 0) is 63.0 Å². The van der Waals surface area contributed by atoms with Crippen LogP contribution in [0.2, 0.25) is 0 Å². The second kappa shape index (κ2) is 9.59. The summed E-state index contributed by atoms with van der Waals surface area (Å²) < 4.78 is 23.5. The first kappa shape index (κ1) is 18.7. The van der Waals surface area contributed by atoms with Crippen LogP contribution in [-0.2, 0) is 9.53 Å². The van der Waals surface area contributed by atoms with Crippen molar-refractivity contribution < 1.29 is 18.7 Å². The predicted octanol–water partition coefficient (Wildman–Crippen LogP) is 2.07. The third-order valence-electron chi connectivity index (χ3n) is 4.38. The number of benzene rings is 1. The average molecular weight is 338 g/mol. The molecule has 1 unspecified atom stereocenters. The number of hydrogen-bond donors (Lipinski definition) is 1. The van der Waals surface area contributed by atoms with Crippen LogP contribution in [0.25, 0.3) is 0 Å². The SMILES string of the molecule is COCCN1CCC(CNC(=O)C(C)Oc2ccc(F)cc2)CC1. The van der Waals surface area contributed by atoms with Gasteiger partial charge in [-0.25, -0.2) is 4.39 Å². The van der Waals surface area contributed by atoms with Crippen LogP contribution in [0.15, 0.2) is 24.3 Å². The van der Waals surface area contributed by atoms with Crippen LogP contribution in [0.3, 0.4) is 0 Å². The van der Waals surface area contributed by atoms with E-state index in [4.69, 9.17) is 9.47 Å². The highest BCUT2D eigenvalue weighted by molar-refractivity contribution is 5.80. The van der Waals surface area contributed by atoms with Crippen molar-refractivity contribution in [2.75, 3.05) is 39.9 Å². The first-order chi connectivity index (χ1) is 11.6. The van der Waals surface area contributed by atoms with E-state index in [2.05, 4.69) is 10.2 Å². The number of halogens is 1. The van der Waals surface area contributed by atoms with Crippen molar-refractivity contribution in [2.24, 2.45) is 5.92 Å². The molecule has 0 aliphatic carbocycles. The molecule has 1 aromatic rings. The molecule has 0 radical (unpaired) electrons. The van der Waals surface area contributed by atoms with Crippen molar-refractivity contribution in [1.29, 1.82) is 0 Å². The Balaban J connectivity index is 1.66. The van der Waals surface area contributed by atoms with E-state index in [0.29, 0.717) is 18.2 Å². The second-order valence-electron chi connectivity index (χ2n) is 6.24. The molecule has 1 heterocycles. The van der Waals surface area contributed by atoms with E-state index in [0.717, 1.165) is 39.1 Å². The van der Waals surface area contributed by atoms with Crippen molar-refractivity contribution in [3.8, 4) is 5.75 Å². The number of carbonyl (C=O) groups is 1. The molecule has 1 aromatic carbocycles. The first-order valence-corrected chi connectivity index (χ1v) is 8.49. The largest absolute Gasteiger partial charge is 0.481 e. The van der Waals surface area contributed by atoms with Gasteiger partial charge >= 0.3 is 0 Å². The molecule has 0 aromatic heterocycles. The molecule has 0 bridgehead atoms. The fourth-order valence-corrected chi connectivity index (χ4v) is 2.79. The van der Waals surface area contributed by atoms with Gasteiger partial charge in [0.15, 0.2) is 6.10 Å². The first-order valence-electron chi connectivity index (χ1n) is 8.49. The van der Waals surface area contributed by atoms with E-state index >= 15 is 0 Å². The Morgan fingerprint density at radius 2 is 2.00 bits per heavy atom. The lowest BCUT2D eigenvalue weighted by molar-refractivity contribution is -0.127. The number of piperidine rings is 1. The number of amides is 1. The van der Waals surface area contributed by atoms with Gasteiger partial charge in [-0.2, -0.15) is 0 Å². The number of nitrogens with zero attached hydrogens (tertiary/aromatic N) is 1. The molecule has 1 aliphatic heterocycles. The summed E-state index contributed by atoms with van der Waals surface area (Å²) in [6, 6.07) is 5.68. The Bertz CT molecular complexity index is 501. The Kier molecular flexibility index (Phi) is 7.46. The molecule has 1 fully saturated rings. The average Bonchev–Trinajstić information content (AvgIpc) is 2.60. The van der Waals surface area contributed by atoms with Crippen LogP contribution in [0.4, 0.5) is 4.39 Å².